The van der Waals surface area contributed by atoms with Gasteiger partial charge in [-0.3, -0.25) is 0 Å². The Labute approximate surface area is 200 Å². The Morgan fingerprint density at radius 2 is 1.52 bits per heavy atom. The molecule has 0 radical (unpaired) electrons. The summed E-state index contributed by atoms with van der Waals surface area (Å²) in [4.78, 5) is 0. The van der Waals surface area contributed by atoms with Crippen LogP contribution in [0.4, 0.5) is 0 Å². The summed E-state index contributed by atoms with van der Waals surface area (Å²) in [5.41, 5.74) is 10.6. The molecule has 0 saturated carbocycles. The molecule has 1 nitrogen and oxygen atoms in total. The van der Waals surface area contributed by atoms with Gasteiger partial charge in [-0.05, 0) is 63.1 Å². The third kappa shape index (κ3) is 2.92. The zero-order valence-electron chi connectivity index (χ0n) is 19.7. The minimum Gasteiger partial charge on any atom is -0.455 e. The van der Waals surface area contributed by atoms with E-state index in [1.165, 1.54) is 38.8 Å². The van der Waals surface area contributed by atoms with Crippen LogP contribution < -0.4 is 0 Å². The minimum absolute atomic E-state index is 0.119. The molecule has 0 atom stereocenters. The molecule has 5 aromatic rings. The molecule has 0 aliphatic heterocycles. The number of rotatable bonds is 1. The largest absolute Gasteiger partial charge is 0.455 e. The number of halogens is 1. The second kappa shape index (κ2) is 6.74. The quantitative estimate of drug-likeness (QED) is 0.248. The lowest BCUT2D eigenvalue weighted by atomic mass is 9.80. The van der Waals surface area contributed by atoms with Gasteiger partial charge in [0.05, 0.1) is 0 Å². The van der Waals surface area contributed by atoms with E-state index in [1.807, 2.05) is 12.1 Å². The number of fused-ring (bicyclic) bond motifs is 7. The molecule has 0 bridgehead atoms. The summed E-state index contributed by atoms with van der Waals surface area (Å²) in [6.45, 7) is 11.3. The molecule has 4 aromatic carbocycles. The highest BCUT2D eigenvalue weighted by Gasteiger charge is 2.38. The summed E-state index contributed by atoms with van der Waals surface area (Å²) in [6.07, 6.45) is 0. The van der Waals surface area contributed by atoms with Crippen LogP contribution >= 0.6 is 11.6 Å². The summed E-state index contributed by atoms with van der Waals surface area (Å²) in [6, 6.07) is 26.0. The summed E-state index contributed by atoms with van der Waals surface area (Å²) in [5.74, 6) is 0. The molecule has 0 amide bonds. The van der Waals surface area contributed by atoms with Crippen molar-refractivity contribution in [3.63, 3.8) is 0 Å². The van der Waals surface area contributed by atoms with E-state index < -0.39 is 0 Å². The Bertz CT molecular complexity index is 1560. The molecule has 1 aromatic heterocycles. The molecule has 164 valence electrons. The summed E-state index contributed by atoms with van der Waals surface area (Å²) < 4.78 is 6.54. The van der Waals surface area contributed by atoms with Gasteiger partial charge < -0.3 is 4.42 Å². The summed E-state index contributed by atoms with van der Waals surface area (Å²) in [5, 5.41) is 3.14. The maximum absolute atomic E-state index is 6.54. The number of furan rings is 1. The molecule has 0 spiro atoms. The molecule has 1 aliphatic rings. The fraction of sp³-hybridized carbons (Fsp3) is 0.226. The predicted octanol–water partition coefficient (Wildman–Crippen LogP) is 9.51. The van der Waals surface area contributed by atoms with E-state index in [1.54, 1.807) is 0 Å². The van der Waals surface area contributed by atoms with Crippen LogP contribution in [0.5, 0.6) is 0 Å². The first kappa shape index (κ1) is 20.6. The van der Waals surface area contributed by atoms with Crippen molar-refractivity contribution in [2.75, 3.05) is 0 Å². The van der Waals surface area contributed by atoms with Crippen LogP contribution in [0.15, 0.2) is 77.2 Å². The number of hydrogen-bond donors (Lipinski definition) is 0. The van der Waals surface area contributed by atoms with Gasteiger partial charge in [0, 0.05) is 26.8 Å². The Morgan fingerprint density at radius 1 is 0.788 bits per heavy atom. The van der Waals surface area contributed by atoms with Gasteiger partial charge in [0.25, 0.3) is 0 Å². The lowest BCUT2D eigenvalue weighted by molar-refractivity contribution is 0.590. The molecule has 0 unspecified atom stereocenters. The SMILES string of the molecule is CC(C)(C)c1ccc(-c2cc3c(c4c2oc2ccccc24)-c2ccc(Cl)cc2C3(C)C)cc1. The van der Waals surface area contributed by atoms with Gasteiger partial charge >= 0.3 is 0 Å². The molecule has 0 fully saturated rings. The topological polar surface area (TPSA) is 13.1 Å². The first-order valence-electron chi connectivity index (χ1n) is 11.6. The molecule has 1 aliphatic carbocycles. The van der Waals surface area contributed by atoms with Crippen molar-refractivity contribution >= 4 is 33.5 Å². The molecule has 1 heterocycles. The van der Waals surface area contributed by atoms with Gasteiger partial charge in [-0.25, -0.2) is 0 Å². The Hall–Kier alpha value is -3.03. The maximum Gasteiger partial charge on any atom is 0.143 e. The van der Waals surface area contributed by atoms with Gasteiger partial charge in [-0.1, -0.05) is 94.8 Å². The average Bonchev–Trinajstić information content (AvgIpc) is 3.26. The minimum atomic E-state index is -0.151. The standard InChI is InChI=1S/C31H27ClO/c1-30(2,3)19-12-10-18(11-13-19)23-17-25-27(21-15-14-20(32)16-24(21)31(25,4)5)28-22-8-6-7-9-26(22)33-29(23)28/h6-17H,1-5H3. The van der Waals surface area contributed by atoms with Gasteiger partial charge in [0.1, 0.15) is 11.2 Å². The number of hydrogen-bond acceptors (Lipinski definition) is 1. The highest BCUT2D eigenvalue weighted by molar-refractivity contribution is 6.31. The Morgan fingerprint density at radius 3 is 2.24 bits per heavy atom. The Kier molecular flexibility index (Phi) is 4.20. The average molecular weight is 451 g/mol. The lowest BCUT2D eigenvalue weighted by Crippen LogP contribution is -2.15. The van der Waals surface area contributed by atoms with Gasteiger partial charge in [-0.2, -0.15) is 0 Å². The molecule has 0 N–H and O–H groups in total. The normalized spacial score (nSPS) is 14.6. The van der Waals surface area contributed by atoms with Crippen LogP contribution in [-0.2, 0) is 10.8 Å². The molecule has 2 heteroatoms. The second-order valence-electron chi connectivity index (χ2n) is 10.8. The van der Waals surface area contributed by atoms with E-state index in [9.17, 15) is 0 Å². The van der Waals surface area contributed by atoms with Crippen molar-refractivity contribution in [2.24, 2.45) is 0 Å². The summed E-state index contributed by atoms with van der Waals surface area (Å²) in [7, 11) is 0. The fourth-order valence-corrected chi connectivity index (χ4v) is 5.61. The van der Waals surface area contributed by atoms with E-state index in [0.717, 1.165) is 27.1 Å². The smallest absolute Gasteiger partial charge is 0.143 e. The molecule has 33 heavy (non-hydrogen) atoms. The second-order valence-corrected chi connectivity index (χ2v) is 11.2. The van der Waals surface area contributed by atoms with Gasteiger partial charge in [-0.15, -0.1) is 0 Å². The molecular weight excluding hydrogens is 424 g/mol. The Balaban J connectivity index is 1.73. The predicted molar refractivity (Wildman–Crippen MR) is 140 cm³/mol. The van der Waals surface area contributed by atoms with Crippen LogP contribution in [0.1, 0.15) is 51.3 Å². The van der Waals surface area contributed by atoms with Crippen LogP contribution in [-0.4, -0.2) is 0 Å². The zero-order chi connectivity index (χ0) is 23.1. The highest BCUT2D eigenvalue weighted by atomic mass is 35.5. The van der Waals surface area contributed by atoms with E-state index in [-0.39, 0.29) is 10.8 Å². The van der Waals surface area contributed by atoms with Crippen molar-refractivity contribution in [3.8, 4) is 22.3 Å². The first-order chi connectivity index (χ1) is 15.7. The summed E-state index contributed by atoms with van der Waals surface area (Å²) >= 11 is 6.45. The number of para-hydroxylation sites is 1. The van der Waals surface area contributed by atoms with Crippen LogP contribution in [0.3, 0.4) is 0 Å². The molecule has 6 rings (SSSR count). The molecule has 0 saturated heterocycles. The number of benzene rings is 4. The molecular formula is C31H27ClO. The zero-order valence-corrected chi connectivity index (χ0v) is 20.5. The lowest BCUT2D eigenvalue weighted by Gasteiger charge is -2.23. The fourth-order valence-electron chi connectivity index (χ4n) is 5.43. The van der Waals surface area contributed by atoms with Crippen LogP contribution in [0.25, 0.3) is 44.2 Å². The van der Waals surface area contributed by atoms with Gasteiger partial charge in [0.2, 0.25) is 0 Å². The third-order valence-corrected chi connectivity index (χ3v) is 7.54. The first-order valence-corrected chi connectivity index (χ1v) is 11.9. The van der Waals surface area contributed by atoms with E-state index >= 15 is 0 Å². The monoisotopic (exact) mass is 450 g/mol. The highest BCUT2D eigenvalue weighted by Crippen LogP contribution is 2.55. The van der Waals surface area contributed by atoms with Crippen molar-refractivity contribution in [1.29, 1.82) is 0 Å². The van der Waals surface area contributed by atoms with Crippen molar-refractivity contribution in [1.82, 2.24) is 0 Å². The van der Waals surface area contributed by atoms with Crippen molar-refractivity contribution < 1.29 is 4.42 Å². The van der Waals surface area contributed by atoms with Gasteiger partial charge in [0.15, 0.2) is 0 Å². The van der Waals surface area contributed by atoms with E-state index in [0.29, 0.717) is 0 Å². The van der Waals surface area contributed by atoms with Crippen LogP contribution in [0, 0.1) is 0 Å². The van der Waals surface area contributed by atoms with E-state index in [2.05, 4.69) is 95.3 Å². The van der Waals surface area contributed by atoms with Crippen molar-refractivity contribution in [3.05, 3.63) is 94.5 Å². The van der Waals surface area contributed by atoms with Crippen molar-refractivity contribution in [2.45, 2.75) is 45.4 Å². The third-order valence-electron chi connectivity index (χ3n) is 7.31. The van der Waals surface area contributed by atoms with Crippen LogP contribution in [0.2, 0.25) is 5.02 Å². The van der Waals surface area contributed by atoms with E-state index in [4.69, 9.17) is 16.0 Å². The maximum atomic E-state index is 6.54.